The van der Waals surface area contributed by atoms with Crippen molar-refractivity contribution < 1.29 is 19.7 Å². The fourth-order valence-electron chi connectivity index (χ4n) is 9.78. The molecule has 0 radical (unpaired) electrons. The molecule has 0 spiro atoms. The third kappa shape index (κ3) is 2.33. The molecule has 3 saturated carbocycles. The van der Waals surface area contributed by atoms with E-state index >= 15 is 0 Å². The van der Waals surface area contributed by atoms with Crippen molar-refractivity contribution in [2.45, 2.75) is 98.2 Å². The van der Waals surface area contributed by atoms with Crippen molar-refractivity contribution in [3.05, 3.63) is 11.1 Å². The first kappa shape index (κ1) is 21.0. The minimum absolute atomic E-state index is 0.0330. The lowest BCUT2D eigenvalue weighted by atomic mass is 9.35. The standard InChI is InChI=1S/C26H40O4/c1-15-16-7-8-18-24(4)12-9-17-23(2,3)10-6-11-26(17,14-27)19(24)13-20(28)25(18,5)21(16)22(29)30-15/h15,17-20,27-28H,6-14H2,1-5H3/t15?,17?,18?,19?,20-,24+,25-,26-/m1/s1. The molecule has 5 rings (SSSR count). The van der Waals surface area contributed by atoms with Gasteiger partial charge in [-0.1, -0.05) is 34.1 Å². The third-order valence-electron chi connectivity index (χ3n) is 11.1. The van der Waals surface area contributed by atoms with Crippen LogP contribution in [0.4, 0.5) is 0 Å². The van der Waals surface area contributed by atoms with Gasteiger partial charge in [-0.05, 0) is 86.0 Å². The maximum absolute atomic E-state index is 12.9. The van der Waals surface area contributed by atoms with Gasteiger partial charge in [0.05, 0.1) is 6.10 Å². The summed E-state index contributed by atoms with van der Waals surface area (Å²) in [6.07, 6.45) is 7.63. The lowest BCUT2D eigenvalue weighted by molar-refractivity contribution is -0.233. The minimum Gasteiger partial charge on any atom is -0.455 e. The monoisotopic (exact) mass is 416 g/mol. The molecule has 0 bridgehead atoms. The molecule has 4 nitrogen and oxygen atoms in total. The van der Waals surface area contributed by atoms with Gasteiger partial charge in [-0.25, -0.2) is 4.79 Å². The van der Waals surface area contributed by atoms with Gasteiger partial charge >= 0.3 is 5.97 Å². The Bertz CT molecular complexity index is 799. The molecule has 0 saturated heterocycles. The summed E-state index contributed by atoms with van der Waals surface area (Å²) in [6, 6.07) is 0. The van der Waals surface area contributed by atoms with Crippen LogP contribution in [-0.2, 0) is 9.53 Å². The van der Waals surface area contributed by atoms with E-state index < -0.39 is 11.5 Å². The molecule has 8 atom stereocenters. The van der Waals surface area contributed by atoms with Crippen molar-refractivity contribution in [1.82, 2.24) is 0 Å². The van der Waals surface area contributed by atoms with Gasteiger partial charge in [-0.15, -0.1) is 0 Å². The predicted octanol–water partition coefficient (Wildman–Crippen LogP) is 4.63. The SMILES string of the molecule is CC1OC(=O)C2=C1CCC1[C@]3(C)CCC4C(C)(C)CCC[C@]4(CO)C3C[C@@H](O)[C@]21C. The molecule has 5 aliphatic rings. The Morgan fingerprint density at radius 1 is 1.03 bits per heavy atom. The zero-order valence-electron chi connectivity index (χ0n) is 19.5. The quantitative estimate of drug-likeness (QED) is 0.612. The Morgan fingerprint density at radius 3 is 2.47 bits per heavy atom. The summed E-state index contributed by atoms with van der Waals surface area (Å²) in [6.45, 7) is 11.5. The average molecular weight is 417 g/mol. The molecule has 1 aliphatic heterocycles. The van der Waals surface area contributed by atoms with Crippen LogP contribution in [-0.4, -0.2) is 35.0 Å². The largest absolute Gasteiger partial charge is 0.455 e. The van der Waals surface area contributed by atoms with Crippen molar-refractivity contribution >= 4 is 5.97 Å². The predicted molar refractivity (Wildman–Crippen MR) is 116 cm³/mol. The number of carbonyl (C=O) groups excluding carboxylic acids is 1. The van der Waals surface area contributed by atoms with Gasteiger partial charge in [0.2, 0.25) is 0 Å². The van der Waals surface area contributed by atoms with E-state index in [0.29, 0.717) is 18.3 Å². The second kappa shape index (κ2) is 6.34. The lowest BCUT2D eigenvalue weighted by Gasteiger charge is -2.70. The van der Waals surface area contributed by atoms with E-state index in [9.17, 15) is 15.0 Å². The molecule has 4 unspecified atom stereocenters. The van der Waals surface area contributed by atoms with Gasteiger partial charge < -0.3 is 14.9 Å². The van der Waals surface area contributed by atoms with E-state index in [2.05, 4.69) is 27.7 Å². The summed E-state index contributed by atoms with van der Waals surface area (Å²) in [4.78, 5) is 12.9. The molecule has 0 aromatic rings. The van der Waals surface area contributed by atoms with Crippen LogP contribution in [0, 0.1) is 39.4 Å². The summed E-state index contributed by atoms with van der Waals surface area (Å²) in [5, 5.41) is 22.5. The topological polar surface area (TPSA) is 66.8 Å². The normalized spacial score (nSPS) is 52.1. The molecule has 168 valence electrons. The zero-order chi connectivity index (χ0) is 21.7. The Balaban J connectivity index is 1.62. The summed E-state index contributed by atoms with van der Waals surface area (Å²) in [5.74, 6) is 0.867. The highest BCUT2D eigenvalue weighted by atomic mass is 16.5. The summed E-state index contributed by atoms with van der Waals surface area (Å²) < 4.78 is 5.63. The van der Waals surface area contributed by atoms with E-state index in [4.69, 9.17) is 4.74 Å². The van der Waals surface area contributed by atoms with Gasteiger partial charge in [0, 0.05) is 23.0 Å². The van der Waals surface area contributed by atoms with Crippen LogP contribution >= 0.6 is 0 Å². The number of hydrogen-bond donors (Lipinski definition) is 2. The number of cyclic esters (lactones) is 1. The molecular weight excluding hydrogens is 376 g/mol. The molecule has 0 amide bonds. The molecule has 4 heteroatoms. The number of fused-ring (bicyclic) bond motifs is 6. The second-order valence-corrected chi connectivity index (χ2v) is 12.5. The van der Waals surface area contributed by atoms with Gasteiger partial charge in [0.25, 0.3) is 0 Å². The third-order valence-corrected chi connectivity index (χ3v) is 11.1. The number of esters is 1. The molecule has 4 aliphatic carbocycles. The number of aliphatic hydroxyl groups excluding tert-OH is 2. The van der Waals surface area contributed by atoms with Crippen LogP contribution < -0.4 is 0 Å². The van der Waals surface area contributed by atoms with Crippen LogP contribution in [0.25, 0.3) is 0 Å². The lowest BCUT2D eigenvalue weighted by Crippen LogP contribution is -2.66. The van der Waals surface area contributed by atoms with Crippen LogP contribution in [0.2, 0.25) is 0 Å². The van der Waals surface area contributed by atoms with Crippen molar-refractivity contribution in [3.8, 4) is 0 Å². The van der Waals surface area contributed by atoms with Gasteiger partial charge in [0.1, 0.15) is 6.10 Å². The molecule has 3 fully saturated rings. The number of carbonyl (C=O) groups is 1. The Hall–Kier alpha value is -0.870. The smallest absolute Gasteiger partial charge is 0.335 e. The van der Waals surface area contributed by atoms with Gasteiger partial charge in [-0.3, -0.25) is 0 Å². The van der Waals surface area contributed by atoms with Crippen molar-refractivity contribution in [2.75, 3.05) is 6.61 Å². The highest BCUT2D eigenvalue weighted by Gasteiger charge is 2.69. The highest BCUT2D eigenvalue weighted by molar-refractivity contribution is 5.94. The maximum Gasteiger partial charge on any atom is 0.335 e. The first-order valence-electron chi connectivity index (χ1n) is 12.3. The van der Waals surface area contributed by atoms with Crippen LogP contribution in [0.1, 0.15) is 86.0 Å². The number of rotatable bonds is 1. The number of aliphatic hydroxyl groups is 2. The molecule has 0 aromatic carbocycles. The summed E-state index contributed by atoms with van der Waals surface area (Å²) >= 11 is 0. The van der Waals surface area contributed by atoms with Crippen LogP contribution in [0.15, 0.2) is 11.1 Å². The van der Waals surface area contributed by atoms with E-state index in [0.717, 1.165) is 49.7 Å². The van der Waals surface area contributed by atoms with Crippen molar-refractivity contribution in [1.29, 1.82) is 0 Å². The van der Waals surface area contributed by atoms with Gasteiger partial charge in [0.15, 0.2) is 0 Å². The summed E-state index contributed by atoms with van der Waals surface area (Å²) in [5.41, 5.74) is 1.56. The molecule has 30 heavy (non-hydrogen) atoms. The Labute approximate surface area is 181 Å². The first-order valence-corrected chi connectivity index (χ1v) is 12.3. The number of hydrogen-bond acceptors (Lipinski definition) is 4. The fraction of sp³-hybridized carbons (Fsp3) is 0.885. The average Bonchev–Trinajstić information content (AvgIpc) is 2.97. The van der Waals surface area contributed by atoms with E-state index in [-0.39, 0.29) is 40.8 Å². The van der Waals surface area contributed by atoms with E-state index in [1.54, 1.807) is 0 Å². The number of ether oxygens (including phenoxy) is 1. The van der Waals surface area contributed by atoms with Crippen molar-refractivity contribution in [2.24, 2.45) is 39.4 Å². The zero-order valence-corrected chi connectivity index (χ0v) is 19.5. The van der Waals surface area contributed by atoms with Gasteiger partial charge in [-0.2, -0.15) is 0 Å². The summed E-state index contributed by atoms with van der Waals surface area (Å²) in [7, 11) is 0. The Morgan fingerprint density at radius 2 is 1.77 bits per heavy atom. The molecule has 2 N–H and O–H groups in total. The van der Waals surface area contributed by atoms with E-state index in [1.165, 1.54) is 6.42 Å². The second-order valence-electron chi connectivity index (χ2n) is 12.5. The maximum atomic E-state index is 12.9. The van der Waals surface area contributed by atoms with Crippen molar-refractivity contribution in [3.63, 3.8) is 0 Å². The first-order chi connectivity index (χ1) is 14.0. The fourth-order valence-corrected chi connectivity index (χ4v) is 9.78. The van der Waals surface area contributed by atoms with Crippen LogP contribution in [0.3, 0.4) is 0 Å². The Kier molecular flexibility index (Phi) is 4.44. The highest BCUT2D eigenvalue weighted by Crippen LogP contribution is 2.73. The molecular formula is C26H40O4. The van der Waals surface area contributed by atoms with E-state index in [1.807, 2.05) is 6.92 Å². The molecule has 0 aromatic heterocycles. The molecule has 1 heterocycles. The minimum atomic E-state index is -0.559. The van der Waals surface area contributed by atoms with Crippen LogP contribution in [0.5, 0.6) is 0 Å².